The zero-order valence-electron chi connectivity index (χ0n) is 17.8. The lowest BCUT2D eigenvalue weighted by Gasteiger charge is -2.21. The molecule has 0 bridgehead atoms. The van der Waals surface area contributed by atoms with Crippen LogP contribution in [-0.4, -0.2) is 30.0 Å². The van der Waals surface area contributed by atoms with Crippen LogP contribution >= 0.6 is 0 Å². The Kier molecular flexibility index (Phi) is 5.27. The van der Waals surface area contributed by atoms with Crippen molar-refractivity contribution in [2.75, 3.05) is 0 Å². The molecule has 33 heavy (non-hydrogen) atoms. The van der Waals surface area contributed by atoms with Crippen LogP contribution in [0.3, 0.4) is 0 Å². The molecule has 0 aliphatic heterocycles. The number of ether oxygens (including phenoxy) is 1. The zero-order valence-corrected chi connectivity index (χ0v) is 17.8. The molecule has 0 saturated heterocycles. The molecule has 172 valence electrons. The summed E-state index contributed by atoms with van der Waals surface area (Å²) in [5, 5.41) is 9.97. The van der Waals surface area contributed by atoms with E-state index in [2.05, 4.69) is 9.72 Å². The van der Waals surface area contributed by atoms with Crippen molar-refractivity contribution < 1.29 is 23.0 Å². The van der Waals surface area contributed by atoms with E-state index in [1.54, 1.807) is 31.5 Å². The second-order valence-corrected chi connectivity index (χ2v) is 7.60. The van der Waals surface area contributed by atoms with Gasteiger partial charge >= 0.3 is 6.36 Å². The van der Waals surface area contributed by atoms with E-state index in [9.17, 15) is 27.9 Å². The van der Waals surface area contributed by atoms with Gasteiger partial charge in [-0.15, -0.1) is 13.2 Å². The van der Waals surface area contributed by atoms with Crippen molar-refractivity contribution in [2.45, 2.75) is 33.2 Å². The fraction of sp³-hybridized carbons (Fsp3) is 0.227. The molecular weight excluding hydrogens is 441 g/mol. The third kappa shape index (κ3) is 4.09. The summed E-state index contributed by atoms with van der Waals surface area (Å²) >= 11 is 0. The Morgan fingerprint density at radius 1 is 1.06 bits per heavy atom. The second kappa shape index (κ2) is 7.84. The lowest BCUT2D eigenvalue weighted by Crippen LogP contribution is -2.32. The highest BCUT2D eigenvalue weighted by Crippen LogP contribution is 2.34. The van der Waals surface area contributed by atoms with Crippen LogP contribution in [0.15, 0.2) is 58.6 Å². The van der Waals surface area contributed by atoms with Gasteiger partial charge in [0.1, 0.15) is 11.2 Å². The molecule has 4 rings (SSSR count). The number of nitrogens with zero attached hydrogens (tertiary/aromatic N) is 4. The molecule has 4 aromatic rings. The van der Waals surface area contributed by atoms with Crippen molar-refractivity contribution in [2.24, 2.45) is 0 Å². The van der Waals surface area contributed by atoms with Crippen LogP contribution < -0.4 is 15.9 Å². The summed E-state index contributed by atoms with van der Waals surface area (Å²) in [5.74, 6) is -1.45. The summed E-state index contributed by atoms with van der Waals surface area (Å²) in [4.78, 5) is 30.4. The van der Waals surface area contributed by atoms with E-state index in [-0.39, 0.29) is 5.52 Å². The summed E-state index contributed by atoms with van der Waals surface area (Å²) in [6.07, 6.45) is -0.229. The number of aromatic nitrogens is 4. The van der Waals surface area contributed by atoms with Gasteiger partial charge in [0.05, 0.1) is 18.1 Å². The number of phenols is 1. The molecule has 0 amide bonds. The highest BCUT2D eigenvalue weighted by Gasteiger charge is 2.32. The van der Waals surface area contributed by atoms with Crippen LogP contribution in [-0.2, 0) is 0 Å². The number of hydrogen-bond donors (Lipinski definition) is 1. The van der Waals surface area contributed by atoms with Gasteiger partial charge in [-0.3, -0.25) is 14.0 Å². The van der Waals surface area contributed by atoms with Crippen molar-refractivity contribution >= 4 is 5.52 Å². The van der Waals surface area contributed by atoms with Gasteiger partial charge in [-0.25, -0.2) is 4.98 Å². The van der Waals surface area contributed by atoms with Crippen molar-refractivity contribution in [1.29, 1.82) is 0 Å². The van der Waals surface area contributed by atoms with Crippen LogP contribution in [0.4, 0.5) is 13.2 Å². The number of phenolic OH excluding ortho intramolecular Hbond substituents is 1. The first-order valence-corrected chi connectivity index (χ1v) is 9.83. The van der Waals surface area contributed by atoms with Gasteiger partial charge in [0.2, 0.25) is 0 Å². The number of aromatic hydroxyl groups is 1. The van der Waals surface area contributed by atoms with Gasteiger partial charge in [-0.05, 0) is 50.6 Å². The molecule has 1 N–H and O–H groups in total. The summed E-state index contributed by atoms with van der Waals surface area (Å²) < 4.78 is 45.4. The van der Waals surface area contributed by atoms with Crippen LogP contribution in [0, 0.1) is 13.8 Å². The molecule has 0 radical (unpaired) electrons. The Labute approximate surface area is 184 Å². The summed E-state index contributed by atoms with van der Waals surface area (Å²) in [5.41, 5.74) is 1.12. The fourth-order valence-electron chi connectivity index (χ4n) is 3.76. The number of rotatable bonds is 4. The van der Waals surface area contributed by atoms with Crippen molar-refractivity contribution in [3.8, 4) is 17.2 Å². The summed E-state index contributed by atoms with van der Waals surface area (Å²) in [7, 11) is 0. The van der Waals surface area contributed by atoms with E-state index >= 15 is 0 Å². The molecule has 3 aromatic heterocycles. The number of imidazole rings is 1. The topological polar surface area (TPSA) is 90.8 Å². The minimum atomic E-state index is -4.95. The molecule has 1 atom stereocenters. The van der Waals surface area contributed by atoms with Crippen LogP contribution in [0.2, 0.25) is 0 Å². The average Bonchev–Trinajstić information content (AvgIpc) is 3.15. The van der Waals surface area contributed by atoms with Crippen LogP contribution in [0.1, 0.15) is 29.9 Å². The van der Waals surface area contributed by atoms with Crippen LogP contribution in [0.25, 0.3) is 11.2 Å². The summed E-state index contributed by atoms with van der Waals surface area (Å²) in [6.45, 7) is 5.09. The van der Waals surface area contributed by atoms with E-state index in [0.717, 1.165) is 17.8 Å². The van der Waals surface area contributed by atoms with Crippen molar-refractivity contribution in [3.05, 3.63) is 86.7 Å². The van der Waals surface area contributed by atoms with E-state index in [1.807, 2.05) is 0 Å². The standard InChI is InChI=1S/C22H19F3N4O4/c1-12-9-27(11-26-12)16-5-6-17-21(32)29(13(2)10-28(17)20(16)31)14(3)15-4-7-19(18(30)8-15)33-22(23,24)25/h4-11,14,30H,1-3H3. The fourth-order valence-corrected chi connectivity index (χ4v) is 3.76. The smallest absolute Gasteiger partial charge is 0.504 e. The molecule has 0 fully saturated rings. The molecule has 0 spiro atoms. The molecule has 1 unspecified atom stereocenters. The zero-order chi connectivity index (χ0) is 24.1. The van der Waals surface area contributed by atoms with Crippen LogP contribution in [0.5, 0.6) is 11.5 Å². The maximum absolute atomic E-state index is 13.3. The Bertz CT molecular complexity index is 1480. The van der Waals surface area contributed by atoms with E-state index in [4.69, 9.17) is 0 Å². The SMILES string of the molecule is Cc1cn(-c2ccc3c(=O)n(C(C)c4ccc(OC(F)(F)F)c(O)c4)c(C)cn3c2=O)cn1. The highest BCUT2D eigenvalue weighted by atomic mass is 19.4. The maximum atomic E-state index is 13.3. The number of benzene rings is 1. The predicted molar refractivity (Wildman–Crippen MR) is 113 cm³/mol. The minimum Gasteiger partial charge on any atom is -0.504 e. The molecule has 0 aliphatic rings. The van der Waals surface area contributed by atoms with E-state index in [0.29, 0.717) is 16.9 Å². The monoisotopic (exact) mass is 460 g/mol. The van der Waals surface area contributed by atoms with Crippen molar-refractivity contribution in [1.82, 2.24) is 18.5 Å². The Morgan fingerprint density at radius 3 is 2.39 bits per heavy atom. The first kappa shape index (κ1) is 22.2. The lowest BCUT2D eigenvalue weighted by atomic mass is 10.1. The normalized spacial score (nSPS) is 12.8. The molecule has 11 heteroatoms. The lowest BCUT2D eigenvalue weighted by molar-refractivity contribution is -0.275. The van der Waals surface area contributed by atoms with Gasteiger partial charge in [0, 0.05) is 18.1 Å². The van der Waals surface area contributed by atoms with Crippen molar-refractivity contribution in [3.63, 3.8) is 0 Å². The third-order valence-electron chi connectivity index (χ3n) is 5.30. The third-order valence-corrected chi connectivity index (χ3v) is 5.30. The first-order valence-electron chi connectivity index (χ1n) is 9.83. The minimum absolute atomic E-state index is 0.124. The van der Waals surface area contributed by atoms with Gasteiger partial charge in [0.15, 0.2) is 11.5 Å². The quantitative estimate of drug-likeness (QED) is 0.504. The van der Waals surface area contributed by atoms with E-state index in [1.165, 1.54) is 39.7 Å². The molecule has 0 aliphatic carbocycles. The predicted octanol–water partition coefficient (Wildman–Crippen LogP) is 3.48. The second-order valence-electron chi connectivity index (χ2n) is 7.60. The van der Waals surface area contributed by atoms with Gasteiger partial charge in [0.25, 0.3) is 11.1 Å². The number of fused-ring (bicyclic) bond motifs is 1. The number of pyridine rings is 1. The Hall–Kier alpha value is -4.02. The molecule has 3 heterocycles. The molecule has 1 aromatic carbocycles. The molecule has 0 saturated carbocycles. The summed E-state index contributed by atoms with van der Waals surface area (Å²) in [6, 6.07) is 5.82. The van der Waals surface area contributed by atoms with Gasteiger partial charge in [-0.2, -0.15) is 0 Å². The van der Waals surface area contributed by atoms with Gasteiger partial charge < -0.3 is 19.0 Å². The average molecular weight is 460 g/mol. The Balaban J connectivity index is 1.79. The van der Waals surface area contributed by atoms with Gasteiger partial charge in [-0.1, -0.05) is 6.07 Å². The largest absolute Gasteiger partial charge is 0.573 e. The number of alkyl halides is 3. The molecular formula is C22H19F3N4O4. The Morgan fingerprint density at radius 2 is 1.79 bits per heavy atom. The number of hydrogen-bond acceptors (Lipinski definition) is 5. The first-order chi connectivity index (χ1) is 15.5. The maximum Gasteiger partial charge on any atom is 0.573 e. The number of halogens is 3. The number of aryl methyl sites for hydroxylation is 2. The highest BCUT2D eigenvalue weighted by molar-refractivity contribution is 5.50. The van der Waals surface area contributed by atoms with E-state index < -0.39 is 35.0 Å². The molecule has 8 nitrogen and oxygen atoms in total.